The van der Waals surface area contributed by atoms with Crippen LogP contribution < -0.4 is 19.2 Å². The molecule has 2 aromatic carbocycles. The summed E-state index contributed by atoms with van der Waals surface area (Å²) in [4.78, 5) is 31.8. The molecule has 0 radical (unpaired) electrons. The zero-order valence-electron chi connectivity index (χ0n) is 15.1. The van der Waals surface area contributed by atoms with Gasteiger partial charge in [-0.25, -0.2) is 9.59 Å². The van der Waals surface area contributed by atoms with Gasteiger partial charge in [0.15, 0.2) is 11.5 Å². The van der Waals surface area contributed by atoms with Gasteiger partial charge >= 0.3 is 11.9 Å². The normalized spacial score (nSPS) is 10.8. The van der Waals surface area contributed by atoms with Crippen LogP contribution in [0.2, 0.25) is 0 Å². The Bertz CT molecular complexity index is 839. The van der Waals surface area contributed by atoms with Crippen molar-refractivity contribution in [1.82, 2.24) is 0 Å². The van der Waals surface area contributed by atoms with Crippen molar-refractivity contribution < 1.29 is 39.1 Å². The van der Waals surface area contributed by atoms with E-state index < -0.39 is 11.9 Å². The standard InChI is InChI=1S/C20H18O8/c1-25-17-11-13(5-9-19(21)22)3-7-15(17)27-28-16-8-4-14(6-10-20(23)24)12-18(16)26-2/h3-12H,1-2H3,(H,21,22)(H,23,24)/b9-5+,10-6+. The van der Waals surface area contributed by atoms with Crippen LogP contribution in [0.25, 0.3) is 12.2 Å². The van der Waals surface area contributed by atoms with Gasteiger partial charge in [0, 0.05) is 12.2 Å². The fourth-order valence-corrected chi connectivity index (χ4v) is 2.14. The first-order valence-electron chi connectivity index (χ1n) is 7.95. The van der Waals surface area contributed by atoms with Crippen LogP contribution in [-0.4, -0.2) is 36.4 Å². The van der Waals surface area contributed by atoms with Gasteiger partial charge in [-0.3, -0.25) is 9.78 Å². The highest BCUT2D eigenvalue weighted by Gasteiger charge is 2.11. The minimum atomic E-state index is -1.06. The molecule has 0 amide bonds. The Morgan fingerprint density at radius 3 is 1.43 bits per heavy atom. The van der Waals surface area contributed by atoms with Crippen LogP contribution in [0.1, 0.15) is 11.1 Å². The molecule has 8 heteroatoms. The molecule has 0 bridgehead atoms. The summed E-state index contributed by atoms with van der Waals surface area (Å²) in [6.07, 6.45) is 4.86. The van der Waals surface area contributed by atoms with Crippen LogP contribution in [-0.2, 0) is 9.59 Å². The maximum Gasteiger partial charge on any atom is 0.328 e. The van der Waals surface area contributed by atoms with Gasteiger partial charge in [0.2, 0.25) is 11.5 Å². The van der Waals surface area contributed by atoms with E-state index in [1.807, 2.05) is 0 Å². The van der Waals surface area contributed by atoms with E-state index >= 15 is 0 Å². The second kappa shape index (κ2) is 9.67. The Morgan fingerprint density at radius 2 is 1.11 bits per heavy atom. The Labute approximate surface area is 160 Å². The van der Waals surface area contributed by atoms with Crippen molar-refractivity contribution in [2.45, 2.75) is 0 Å². The molecule has 0 atom stereocenters. The molecule has 0 unspecified atom stereocenters. The van der Waals surface area contributed by atoms with Gasteiger partial charge in [-0.1, -0.05) is 12.1 Å². The fourth-order valence-electron chi connectivity index (χ4n) is 2.14. The second-order valence-electron chi connectivity index (χ2n) is 5.33. The minimum absolute atomic E-state index is 0.270. The van der Waals surface area contributed by atoms with Crippen LogP contribution in [0.3, 0.4) is 0 Å². The van der Waals surface area contributed by atoms with Gasteiger partial charge in [-0.15, -0.1) is 0 Å². The lowest BCUT2D eigenvalue weighted by molar-refractivity contribution is -0.132. The maximum atomic E-state index is 10.6. The Morgan fingerprint density at radius 1 is 0.714 bits per heavy atom. The lowest BCUT2D eigenvalue weighted by atomic mass is 10.2. The summed E-state index contributed by atoms with van der Waals surface area (Å²) < 4.78 is 10.5. The van der Waals surface area contributed by atoms with Crippen LogP contribution in [0, 0.1) is 0 Å². The highest BCUT2D eigenvalue weighted by Crippen LogP contribution is 2.32. The molecule has 2 aromatic rings. The fraction of sp³-hybridized carbons (Fsp3) is 0.100. The van der Waals surface area contributed by atoms with Gasteiger partial charge in [0.05, 0.1) is 14.2 Å². The molecular formula is C20H18O8. The topological polar surface area (TPSA) is 112 Å². The average molecular weight is 386 g/mol. The Hall–Kier alpha value is -3.94. The van der Waals surface area contributed by atoms with E-state index in [0.29, 0.717) is 22.6 Å². The third-order valence-corrected chi connectivity index (χ3v) is 3.43. The van der Waals surface area contributed by atoms with E-state index in [2.05, 4.69) is 0 Å². The van der Waals surface area contributed by atoms with E-state index in [1.54, 1.807) is 36.4 Å². The number of hydrogen-bond acceptors (Lipinski definition) is 6. The van der Waals surface area contributed by atoms with E-state index in [1.165, 1.54) is 26.4 Å². The highest BCUT2D eigenvalue weighted by molar-refractivity contribution is 5.86. The molecule has 8 nitrogen and oxygen atoms in total. The molecule has 0 fully saturated rings. The molecular weight excluding hydrogens is 368 g/mol. The van der Waals surface area contributed by atoms with Crippen molar-refractivity contribution in [3.05, 3.63) is 59.7 Å². The van der Waals surface area contributed by atoms with E-state index in [9.17, 15) is 9.59 Å². The van der Waals surface area contributed by atoms with Gasteiger partial charge < -0.3 is 19.7 Å². The third kappa shape index (κ3) is 5.80. The van der Waals surface area contributed by atoms with Gasteiger partial charge in [-0.2, -0.15) is 0 Å². The number of rotatable bonds is 9. The molecule has 0 spiro atoms. The number of hydrogen-bond donors (Lipinski definition) is 2. The Balaban J connectivity index is 2.16. The maximum absolute atomic E-state index is 10.6. The predicted molar refractivity (Wildman–Crippen MR) is 101 cm³/mol. The quantitative estimate of drug-likeness (QED) is 0.384. The first-order valence-corrected chi connectivity index (χ1v) is 7.95. The summed E-state index contributed by atoms with van der Waals surface area (Å²) in [5.41, 5.74) is 1.22. The molecule has 2 N–H and O–H groups in total. The molecule has 0 aliphatic rings. The van der Waals surface area contributed by atoms with E-state index in [0.717, 1.165) is 12.2 Å². The largest absolute Gasteiger partial charge is 0.493 e. The molecule has 28 heavy (non-hydrogen) atoms. The SMILES string of the molecule is COc1cc(/C=C/C(=O)O)ccc1OOc1ccc(/C=C/C(=O)O)cc1OC. The summed E-state index contributed by atoms with van der Waals surface area (Å²) in [5.74, 6) is -0.897. The number of methoxy groups -OCH3 is 2. The first kappa shape index (κ1) is 20.4. The number of ether oxygens (including phenoxy) is 2. The average Bonchev–Trinajstić information content (AvgIpc) is 2.69. The number of carboxylic acid groups (broad SMARTS) is 2. The summed E-state index contributed by atoms with van der Waals surface area (Å²) in [6, 6.07) is 9.59. The molecule has 0 aliphatic carbocycles. The van der Waals surface area contributed by atoms with Crippen LogP contribution in [0.5, 0.6) is 23.0 Å². The summed E-state index contributed by atoms with van der Waals surface area (Å²) in [7, 11) is 2.88. The van der Waals surface area contributed by atoms with Crippen LogP contribution in [0.4, 0.5) is 0 Å². The van der Waals surface area contributed by atoms with Crippen LogP contribution in [0.15, 0.2) is 48.6 Å². The lowest BCUT2D eigenvalue weighted by Gasteiger charge is -2.12. The summed E-state index contributed by atoms with van der Waals surface area (Å²) in [6.45, 7) is 0. The minimum Gasteiger partial charge on any atom is -0.493 e. The van der Waals surface area contributed by atoms with Crippen molar-refractivity contribution in [3.63, 3.8) is 0 Å². The summed E-state index contributed by atoms with van der Waals surface area (Å²) >= 11 is 0. The lowest BCUT2D eigenvalue weighted by Crippen LogP contribution is -2.04. The number of carboxylic acids is 2. The van der Waals surface area contributed by atoms with Crippen molar-refractivity contribution in [2.75, 3.05) is 14.2 Å². The van der Waals surface area contributed by atoms with E-state index in [4.69, 9.17) is 29.5 Å². The number of carbonyl (C=O) groups is 2. The third-order valence-electron chi connectivity index (χ3n) is 3.43. The molecule has 0 saturated heterocycles. The highest BCUT2D eigenvalue weighted by atomic mass is 17.2. The zero-order valence-corrected chi connectivity index (χ0v) is 15.1. The number of aliphatic carboxylic acids is 2. The zero-order chi connectivity index (χ0) is 20.5. The van der Waals surface area contributed by atoms with Crippen molar-refractivity contribution in [3.8, 4) is 23.0 Å². The molecule has 0 saturated carbocycles. The smallest absolute Gasteiger partial charge is 0.328 e. The molecule has 146 valence electrons. The monoisotopic (exact) mass is 386 g/mol. The summed E-state index contributed by atoms with van der Waals surface area (Å²) in [5, 5.41) is 17.4. The predicted octanol–water partition coefficient (Wildman–Crippen LogP) is 3.27. The van der Waals surface area contributed by atoms with E-state index in [-0.39, 0.29) is 11.5 Å². The second-order valence-corrected chi connectivity index (χ2v) is 5.33. The first-order chi connectivity index (χ1) is 13.4. The van der Waals surface area contributed by atoms with Gasteiger partial charge in [0.25, 0.3) is 0 Å². The molecule has 2 rings (SSSR count). The number of benzene rings is 2. The van der Waals surface area contributed by atoms with Crippen molar-refractivity contribution in [2.24, 2.45) is 0 Å². The molecule has 0 aromatic heterocycles. The molecule has 0 heterocycles. The van der Waals surface area contributed by atoms with Crippen molar-refractivity contribution >= 4 is 24.1 Å². The van der Waals surface area contributed by atoms with Gasteiger partial charge in [0.1, 0.15) is 0 Å². The Kier molecular flexibility index (Phi) is 7.04. The van der Waals surface area contributed by atoms with Gasteiger partial charge in [-0.05, 0) is 47.5 Å². The molecule has 0 aliphatic heterocycles. The van der Waals surface area contributed by atoms with Crippen LogP contribution >= 0.6 is 0 Å². The van der Waals surface area contributed by atoms with Crippen molar-refractivity contribution in [1.29, 1.82) is 0 Å².